The van der Waals surface area contributed by atoms with E-state index in [4.69, 9.17) is 0 Å². The number of likely N-dealkylation sites (tertiary alicyclic amines) is 2. The number of rotatable bonds is 5. The molecule has 2 aliphatic rings. The maximum Gasteiger partial charge on any atom is 0.239 e. The van der Waals surface area contributed by atoms with Gasteiger partial charge in [-0.15, -0.1) is 0 Å². The maximum absolute atomic E-state index is 13.0. The number of piperidine rings is 1. The number of carbonyl (C=O) groups excluding carboxylic acids is 1. The molecule has 3 rings (SSSR count). The van der Waals surface area contributed by atoms with Crippen LogP contribution in [0.2, 0.25) is 0 Å². The largest absolute Gasteiger partial charge is 0.341 e. The predicted octanol–water partition coefficient (Wildman–Crippen LogP) is 2.11. The highest BCUT2D eigenvalue weighted by Crippen LogP contribution is 2.24. The van der Waals surface area contributed by atoms with Crippen LogP contribution in [0.25, 0.3) is 0 Å². The maximum atomic E-state index is 13.0. The van der Waals surface area contributed by atoms with Crippen molar-refractivity contribution in [3.05, 3.63) is 35.9 Å². The van der Waals surface area contributed by atoms with E-state index < -0.39 is 0 Å². The van der Waals surface area contributed by atoms with Crippen LogP contribution in [0.15, 0.2) is 30.3 Å². The summed E-state index contributed by atoms with van der Waals surface area (Å²) in [6.07, 6.45) is 4.53. The normalized spacial score (nSPS) is 25.7. The Kier molecular flexibility index (Phi) is 5.68. The summed E-state index contributed by atoms with van der Waals surface area (Å²) < 4.78 is 0. The zero-order valence-electron chi connectivity index (χ0n) is 14.2. The fourth-order valence-electron chi connectivity index (χ4n) is 3.98. The lowest BCUT2D eigenvalue weighted by atomic mass is 10.00. The van der Waals surface area contributed by atoms with Gasteiger partial charge in [0.25, 0.3) is 0 Å². The fraction of sp³-hybridized carbons (Fsp3) is 0.632. The topological polar surface area (TPSA) is 35.6 Å². The molecule has 2 saturated heterocycles. The molecular weight excluding hydrogens is 286 g/mol. The molecule has 2 heterocycles. The van der Waals surface area contributed by atoms with E-state index in [1.54, 1.807) is 0 Å². The number of hydrogen-bond acceptors (Lipinski definition) is 3. The molecule has 2 atom stereocenters. The molecule has 1 aromatic rings. The van der Waals surface area contributed by atoms with Gasteiger partial charge >= 0.3 is 0 Å². The van der Waals surface area contributed by atoms with Gasteiger partial charge in [0.2, 0.25) is 5.91 Å². The van der Waals surface area contributed by atoms with Gasteiger partial charge in [0.05, 0.1) is 6.04 Å². The molecule has 1 amide bonds. The molecule has 1 N–H and O–H groups in total. The molecule has 4 nitrogen and oxygen atoms in total. The van der Waals surface area contributed by atoms with E-state index in [1.165, 1.54) is 18.4 Å². The zero-order valence-corrected chi connectivity index (χ0v) is 14.2. The number of carbonyl (C=O) groups is 1. The second-order valence-corrected chi connectivity index (χ2v) is 6.96. The Hall–Kier alpha value is -1.39. The van der Waals surface area contributed by atoms with Crippen molar-refractivity contribution < 1.29 is 4.79 Å². The molecule has 0 bridgehead atoms. The Bertz CT molecular complexity index is 505. The summed E-state index contributed by atoms with van der Waals surface area (Å²) in [7, 11) is 1.99. The predicted molar refractivity (Wildman–Crippen MR) is 93.1 cm³/mol. The summed E-state index contributed by atoms with van der Waals surface area (Å²) in [4.78, 5) is 17.5. The quantitative estimate of drug-likeness (QED) is 0.904. The van der Waals surface area contributed by atoms with Crippen LogP contribution >= 0.6 is 0 Å². The summed E-state index contributed by atoms with van der Waals surface area (Å²) in [5, 5.41) is 3.24. The second-order valence-electron chi connectivity index (χ2n) is 6.96. The van der Waals surface area contributed by atoms with Gasteiger partial charge < -0.3 is 10.2 Å². The Labute approximate surface area is 139 Å². The smallest absolute Gasteiger partial charge is 0.239 e. The molecule has 0 aliphatic carbocycles. The van der Waals surface area contributed by atoms with E-state index in [9.17, 15) is 4.79 Å². The highest BCUT2D eigenvalue weighted by Gasteiger charge is 2.34. The molecule has 0 spiro atoms. The van der Waals surface area contributed by atoms with Gasteiger partial charge in [-0.25, -0.2) is 0 Å². The number of benzene rings is 1. The minimum Gasteiger partial charge on any atom is -0.341 e. The molecule has 2 aliphatic heterocycles. The van der Waals surface area contributed by atoms with E-state index in [0.717, 1.165) is 45.6 Å². The van der Waals surface area contributed by atoms with Gasteiger partial charge in [0, 0.05) is 19.6 Å². The number of amides is 1. The molecule has 0 radical (unpaired) electrons. The average molecular weight is 315 g/mol. The summed E-state index contributed by atoms with van der Waals surface area (Å²) in [5.74, 6) is 0.981. The van der Waals surface area contributed by atoms with Gasteiger partial charge in [-0.3, -0.25) is 9.69 Å². The van der Waals surface area contributed by atoms with Crippen LogP contribution in [0, 0.1) is 5.92 Å². The van der Waals surface area contributed by atoms with Crippen LogP contribution in [-0.2, 0) is 11.3 Å². The van der Waals surface area contributed by atoms with Crippen LogP contribution in [-0.4, -0.2) is 55.0 Å². The average Bonchev–Trinajstić information content (AvgIpc) is 3.05. The lowest BCUT2D eigenvalue weighted by molar-refractivity contribution is -0.137. The first kappa shape index (κ1) is 16.5. The second kappa shape index (κ2) is 7.93. The SMILES string of the molecule is CNCC1CCN(C(=O)C2CCCCN2Cc2ccccc2)C1. The monoisotopic (exact) mass is 315 g/mol. The third-order valence-corrected chi connectivity index (χ3v) is 5.22. The van der Waals surface area contributed by atoms with Crippen molar-refractivity contribution in [2.75, 3.05) is 33.2 Å². The molecule has 4 heteroatoms. The lowest BCUT2D eigenvalue weighted by Gasteiger charge is -2.36. The summed E-state index contributed by atoms with van der Waals surface area (Å²) >= 11 is 0. The molecule has 1 aromatic carbocycles. The summed E-state index contributed by atoms with van der Waals surface area (Å²) in [6, 6.07) is 10.6. The van der Waals surface area contributed by atoms with Crippen molar-refractivity contribution in [3.63, 3.8) is 0 Å². The molecule has 23 heavy (non-hydrogen) atoms. The van der Waals surface area contributed by atoms with Gasteiger partial charge in [0.15, 0.2) is 0 Å². The number of hydrogen-bond donors (Lipinski definition) is 1. The summed E-state index contributed by atoms with van der Waals surface area (Å²) in [5.41, 5.74) is 1.31. The molecule has 2 fully saturated rings. The van der Waals surface area contributed by atoms with Crippen LogP contribution in [0.5, 0.6) is 0 Å². The minimum atomic E-state index is 0.0808. The van der Waals surface area contributed by atoms with Crippen molar-refractivity contribution in [1.29, 1.82) is 0 Å². The van der Waals surface area contributed by atoms with Crippen molar-refractivity contribution in [2.45, 2.75) is 38.3 Å². The highest BCUT2D eigenvalue weighted by molar-refractivity contribution is 5.82. The van der Waals surface area contributed by atoms with Gasteiger partial charge in [-0.1, -0.05) is 36.8 Å². The highest BCUT2D eigenvalue weighted by atomic mass is 16.2. The van der Waals surface area contributed by atoms with E-state index in [-0.39, 0.29) is 6.04 Å². The van der Waals surface area contributed by atoms with Gasteiger partial charge in [-0.2, -0.15) is 0 Å². The minimum absolute atomic E-state index is 0.0808. The Morgan fingerprint density at radius 1 is 1.17 bits per heavy atom. The zero-order chi connectivity index (χ0) is 16.1. The molecule has 0 saturated carbocycles. The number of nitrogens with one attached hydrogen (secondary N) is 1. The first-order valence-electron chi connectivity index (χ1n) is 8.99. The van der Waals surface area contributed by atoms with E-state index in [0.29, 0.717) is 11.8 Å². The first-order valence-corrected chi connectivity index (χ1v) is 8.99. The van der Waals surface area contributed by atoms with Gasteiger partial charge in [0.1, 0.15) is 0 Å². The first-order chi connectivity index (χ1) is 11.3. The third-order valence-electron chi connectivity index (χ3n) is 5.22. The van der Waals surface area contributed by atoms with Gasteiger partial charge in [-0.05, 0) is 50.9 Å². The molecular formula is C19H29N3O. The van der Waals surface area contributed by atoms with Crippen LogP contribution in [0.4, 0.5) is 0 Å². The third kappa shape index (κ3) is 4.12. The lowest BCUT2D eigenvalue weighted by Crippen LogP contribution is -2.50. The summed E-state index contributed by atoms with van der Waals surface area (Å²) in [6.45, 7) is 4.81. The molecule has 126 valence electrons. The van der Waals surface area contributed by atoms with E-state index in [1.807, 2.05) is 7.05 Å². The standard InChI is InChI=1S/C19H29N3O/c1-20-13-17-10-12-22(15-17)19(23)18-9-5-6-11-21(18)14-16-7-3-2-4-8-16/h2-4,7-8,17-18,20H,5-6,9-15H2,1H3. The Morgan fingerprint density at radius 3 is 2.78 bits per heavy atom. The van der Waals surface area contributed by atoms with Crippen LogP contribution < -0.4 is 5.32 Å². The van der Waals surface area contributed by atoms with E-state index >= 15 is 0 Å². The van der Waals surface area contributed by atoms with Crippen molar-refractivity contribution in [3.8, 4) is 0 Å². The van der Waals surface area contributed by atoms with Crippen molar-refractivity contribution >= 4 is 5.91 Å². The molecule has 2 unspecified atom stereocenters. The molecule has 0 aromatic heterocycles. The van der Waals surface area contributed by atoms with Crippen molar-refractivity contribution in [1.82, 2.24) is 15.1 Å². The Morgan fingerprint density at radius 2 is 2.00 bits per heavy atom. The number of nitrogens with zero attached hydrogens (tertiary/aromatic N) is 2. The Balaban J connectivity index is 1.63. The fourth-order valence-corrected chi connectivity index (χ4v) is 3.98. The van der Waals surface area contributed by atoms with Crippen LogP contribution in [0.1, 0.15) is 31.2 Å². The van der Waals surface area contributed by atoms with Crippen molar-refractivity contribution in [2.24, 2.45) is 5.92 Å². The van der Waals surface area contributed by atoms with E-state index in [2.05, 4.69) is 45.4 Å². The van der Waals surface area contributed by atoms with Crippen LogP contribution in [0.3, 0.4) is 0 Å².